The number of carbonyl (C=O) groups excluding carboxylic acids is 1. The van der Waals surface area contributed by atoms with E-state index in [4.69, 9.17) is 9.47 Å². The predicted octanol–water partition coefficient (Wildman–Crippen LogP) is 2.77. The predicted molar refractivity (Wildman–Crippen MR) is 105 cm³/mol. The van der Waals surface area contributed by atoms with Crippen LogP contribution in [0.1, 0.15) is 24.5 Å². The van der Waals surface area contributed by atoms with Gasteiger partial charge in [0.05, 0.1) is 44.0 Å². The maximum Gasteiger partial charge on any atom is 0.231 e. The van der Waals surface area contributed by atoms with Gasteiger partial charge in [0.2, 0.25) is 5.91 Å². The molecule has 1 amide bonds. The van der Waals surface area contributed by atoms with E-state index in [9.17, 15) is 9.90 Å². The van der Waals surface area contributed by atoms with Gasteiger partial charge in [0.25, 0.3) is 0 Å². The van der Waals surface area contributed by atoms with E-state index >= 15 is 0 Å². The average molecular weight is 381 g/mol. The second-order valence-corrected chi connectivity index (χ2v) is 7.72. The summed E-state index contributed by atoms with van der Waals surface area (Å²) in [5.74, 6) is -0.305. The number of benzene rings is 2. The van der Waals surface area contributed by atoms with Gasteiger partial charge >= 0.3 is 0 Å². The molecule has 5 heteroatoms. The summed E-state index contributed by atoms with van der Waals surface area (Å²) >= 11 is 0. The summed E-state index contributed by atoms with van der Waals surface area (Å²) in [6.07, 6.45) is 0.0224. The minimum absolute atomic E-state index is 0.0131. The van der Waals surface area contributed by atoms with E-state index in [1.807, 2.05) is 65.6 Å². The molecule has 0 radical (unpaired) electrons. The number of amides is 1. The van der Waals surface area contributed by atoms with E-state index in [0.717, 1.165) is 17.5 Å². The van der Waals surface area contributed by atoms with Crippen molar-refractivity contribution in [2.24, 2.45) is 5.92 Å². The minimum atomic E-state index is -0.632. The molecule has 2 aliphatic rings. The number of aliphatic hydroxyl groups excluding tert-OH is 1. The van der Waals surface area contributed by atoms with Gasteiger partial charge in [-0.05, 0) is 24.5 Å². The molecule has 2 aromatic carbocycles. The largest absolute Gasteiger partial charge is 0.393 e. The highest BCUT2D eigenvalue weighted by Crippen LogP contribution is 2.42. The summed E-state index contributed by atoms with van der Waals surface area (Å²) in [5.41, 5.74) is 2.22. The number of aliphatic hydroxyl groups is 1. The van der Waals surface area contributed by atoms with Crippen molar-refractivity contribution in [3.05, 3.63) is 71.8 Å². The highest BCUT2D eigenvalue weighted by atomic mass is 16.5. The number of fused-ring (bicyclic) bond motifs is 1. The number of hydrogen-bond acceptors (Lipinski definition) is 4. The van der Waals surface area contributed by atoms with Gasteiger partial charge in [-0.1, -0.05) is 60.7 Å². The number of carbonyl (C=O) groups is 1. The Morgan fingerprint density at radius 3 is 2.25 bits per heavy atom. The van der Waals surface area contributed by atoms with Crippen molar-refractivity contribution in [1.82, 2.24) is 4.90 Å². The lowest BCUT2D eigenvalue weighted by molar-refractivity contribution is -0.166. The van der Waals surface area contributed by atoms with Crippen molar-refractivity contribution in [2.75, 3.05) is 6.61 Å². The van der Waals surface area contributed by atoms with Crippen LogP contribution in [0.25, 0.3) is 0 Å². The van der Waals surface area contributed by atoms with Crippen molar-refractivity contribution in [3.8, 4) is 0 Å². The van der Waals surface area contributed by atoms with Crippen LogP contribution in [0.2, 0.25) is 0 Å². The van der Waals surface area contributed by atoms with E-state index in [1.54, 1.807) is 6.92 Å². The molecular formula is C23H27NO4. The van der Waals surface area contributed by atoms with Gasteiger partial charge in [0.1, 0.15) is 0 Å². The first-order chi connectivity index (χ1) is 13.6. The quantitative estimate of drug-likeness (QED) is 0.715. The number of β-lactam (4-membered cyclic amide) rings is 1. The fraction of sp³-hybridized carbons (Fsp3) is 0.435. The third-order valence-electron chi connectivity index (χ3n) is 5.80. The molecule has 4 rings (SSSR count). The maximum atomic E-state index is 12.6. The Labute approximate surface area is 165 Å². The number of hydrogen-bond donors (Lipinski definition) is 1. The van der Waals surface area contributed by atoms with E-state index < -0.39 is 6.10 Å². The van der Waals surface area contributed by atoms with E-state index in [1.165, 1.54) is 0 Å². The summed E-state index contributed by atoms with van der Waals surface area (Å²) in [6, 6.07) is 20.0. The van der Waals surface area contributed by atoms with Crippen LogP contribution in [0.3, 0.4) is 0 Å². The van der Waals surface area contributed by atoms with Gasteiger partial charge in [-0.2, -0.15) is 0 Å². The summed E-state index contributed by atoms with van der Waals surface area (Å²) in [6.45, 7) is 3.14. The first-order valence-electron chi connectivity index (χ1n) is 9.92. The van der Waals surface area contributed by atoms with E-state index in [2.05, 4.69) is 0 Å². The lowest BCUT2D eigenvalue weighted by Crippen LogP contribution is -2.64. The van der Waals surface area contributed by atoms with Crippen LogP contribution in [-0.2, 0) is 27.5 Å². The van der Waals surface area contributed by atoms with Crippen LogP contribution >= 0.6 is 0 Å². The minimum Gasteiger partial charge on any atom is -0.393 e. The fourth-order valence-corrected chi connectivity index (χ4v) is 4.38. The average Bonchev–Trinajstić information content (AvgIpc) is 3.01. The Morgan fingerprint density at radius 1 is 1.04 bits per heavy atom. The van der Waals surface area contributed by atoms with Crippen LogP contribution in [0.15, 0.2) is 60.7 Å². The van der Waals surface area contributed by atoms with Crippen LogP contribution in [0, 0.1) is 5.92 Å². The maximum absolute atomic E-state index is 12.6. The zero-order valence-electron chi connectivity index (χ0n) is 16.1. The Hall–Kier alpha value is -2.21. The molecule has 5 atom stereocenters. The third-order valence-corrected chi connectivity index (χ3v) is 5.80. The molecule has 2 heterocycles. The second-order valence-electron chi connectivity index (χ2n) is 7.72. The molecule has 0 aromatic heterocycles. The number of rotatable bonds is 8. The molecule has 0 spiro atoms. The summed E-state index contributed by atoms with van der Waals surface area (Å²) in [5, 5.41) is 9.98. The van der Waals surface area contributed by atoms with Crippen LogP contribution in [0.4, 0.5) is 0 Å². The SMILES string of the molecule is C[C@@H](O)[C@@H]1C(=O)N2[C@@H]1C[C@H](OCc1ccccc1)[C@@H]2COCc1ccccc1. The Balaban J connectivity index is 1.41. The first kappa shape index (κ1) is 19.1. The van der Waals surface area contributed by atoms with E-state index in [0.29, 0.717) is 19.8 Å². The number of ether oxygens (including phenoxy) is 2. The van der Waals surface area contributed by atoms with E-state index in [-0.39, 0.29) is 30.0 Å². The van der Waals surface area contributed by atoms with Gasteiger partial charge in [0.15, 0.2) is 0 Å². The van der Waals surface area contributed by atoms with Crippen LogP contribution < -0.4 is 0 Å². The highest BCUT2D eigenvalue weighted by Gasteiger charge is 2.59. The molecule has 1 N–H and O–H groups in total. The second kappa shape index (κ2) is 8.43. The van der Waals surface area contributed by atoms with Gasteiger partial charge in [0, 0.05) is 6.04 Å². The molecule has 148 valence electrons. The van der Waals surface area contributed by atoms with Crippen LogP contribution in [0.5, 0.6) is 0 Å². The Bertz CT molecular complexity index is 780. The van der Waals surface area contributed by atoms with Crippen LogP contribution in [-0.4, -0.2) is 46.8 Å². The van der Waals surface area contributed by atoms with Gasteiger partial charge < -0.3 is 19.5 Å². The highest BCUT2D eigenvalue weighted by molar-refractivity contribution is 5.87. The van der Waals surface area contributed by atoms with Crippen molar-refractivity contribution < 1.29 is 19.4 Å². The molecule has 5 nitrogen and oxygen atoms in total. The standard InChI is InChI=1S/C23H27NO4/c1-16(25)22-19-12-21(28-14-18-10-6-3-7-11-18)20(24(19)23(22)26)15-27-13-17-8-4-2-5-9-17/h2-11,16,19-22,25H,12-15H2,1H3/t16-,19-,20+,21+,22+/m1/s1. The van der Waals surface area contributed by atoms with Gasteiger partial charge in [-0.25, -0.2) is 0 Å². The molecule has 2 aromatic rings. The molecule has 2 aliphatic heterocycles. The molecule has 28 heavy (non-hydrogen) atoms. The first-order valence-corrected chi connectivity index (χ1v) is 9.92. The molecular weight excluding hydrogens is 354 g/mol. The molecule has 2 fully saturated rings. The summed E-state index contributed by atoms with van der Waals surface area (Å²) in [7, 11) is 0. The molecule has 0 bridgehead atoms. The summed E-state index contributed by atoms with van der Waals surface area (Å²) in [4.78, 5) is 14.5. The smallest absolute Gasteiger partial charge is 0.231 e. The monoisotopic (exact) mass is 381 g/mol. The number of nitrogens with zero attached hydrogens (tertiary/aromatic N) is 1. The molecule has 0 saturated carbocycles. The molecule has 0 unspecified atom stereocenters. The Kier molecular flexibility index (Phi) is 5.76. The summed E-state index contributed by atoms with van der Waals surface area (Å²) < 4.78 is 12.2. The van der Waals surface area contributed by atoms with Crippen molar-refractivity contribution >= 4 is 5.91 Å². The zero-order chi connectivity index (χ0) is 19.5. The normalized spacial score (nSPS) is 27.4. The fourth-order valence-electron chi connectivity index (χ4n) is 4.38. The van der Waals surface area contributed by atoms with Crippen molar-refractivity contribution in [1.29, 1.82) is 0 Å². The molecule has 0 aliphatic carbocycles. The van der Waals surface area contributed by atoms with Gasteiger partial charge in [-0.15, -0.1) is 0 Å². The third kappa shape index (κ3) is 3.83. The molecule has 2 saturated heterocycles. The zero-order valence-corrected chi connectivity index (χ0v) is 16.1. The lowest BCUT2D eigenvalue weighted by atomic mass is 9.84. The topological polar surface area (TPSA) is 59.0 Å². The lowest BCUT2D eigenvalue weighted by Gasteiger charge is -2.46. The van der Waals surface area contributed by atoms with Crippen molar-refractivity contribution in [3.63, 3.8) is 0 Å². The Morgan fingerprint density at radius 2 is 1.64 bits per heavy atom. The van der Waals surface area contributed by atoms with Crippen molar-refractivity contribution in [2.45, 2.75) is 50.8 Å². The van der Waals surface area contributed by atoms with Gasteiger partial charge in [-0.3, -0.25) is 4.79 Å².